The van der Waals surface area contributed by atoms with Crippen LogP contribution in [0.1, 0.15) is 34.3 Å². The van der Waals surface area contributed by atoms with Crippen LogP contribution < -0.4 is 20.7 Å². The molecular weight excluding hydrogens is 392 g/mol. The first kappa shape index (κ1) is 22.6. The molecular formula is C24H32N4O3. The molecule has 0 aromatic heterocycles. The Balaban J connectivity index is 1.39. The monoisotopic (exact) mass is 424 g/mol. The number of aryl methyl sites for hydroxylation is 1. The molecule has 1 atom stereocenters. The van der Waals surface area contributed by atoms with E-state index in [0.29, 0.717) is 37.8 Å². The summed E-state index contributed by atoms with van der Waals surface area (Å²) in [6.45, 7) is 5.11. The van der Waals surface area contributed by atoms with Crippen LogP contribution in [0.2, 0.25) is 0 Å². The van der Waals surface area contributed by atoms with Crippen molar-refractivity contribution in [2.75, 3.05) is 33.4 Å². The number of carbonyl (C=O) groups is 1. The Morgan fingerprint density at radius 1 is 1.16 bits per heavy atom. The maximum atomic E-state index is 12.4. The molecule has 0 spiro atoms. The minimum absolute atomic E-state index is 0.0758. The molecule has 1 aliphatic rings. The van der Waals surface area contributed by atoms with Gasteiger partial charge in [0.15, 0.2) is 5.96 Å². The Kier molecular flexibility index (Phi) is 8.72. The number of aliphatic imine (C=N–C) groups is 1. The van der Waals surface area contributed by atoms with Gasteiger partial charge in [0, 0.05) is 32.3 Å². The number of nitrogens with zero attached hydrogens (tertiary/aromatic N) is 1. The van der Waals surface area contributed by atoms with Gasteiger partial charge in [-0.15, -0.1) is 0 Å². The summed E-state index contributed by atoms with van der Waals surface area (Å²) in [7, 11) is 1.73. The van der Waals surface area contributed by atoms with E-state index >= 15 is 0 Å². The number of amides is 1. The largest absolute Gasteiger partial charge is 0.492 e. The van der Waals surface area contributed by atoms with Crippen molar-refractivity contribution < 1.29 is 14.3 Å². The van der Waals surface area contributed by atoms with Gasteiger partial charge in [0.1, 0.15) is 12.4 Å². The highest BCUT2D eigenvalue weighted by Gasteiger charge is 2.16. The Bertz CT molecular complexity index is 861. The van der Waals surface area contributed by atoms with Gasteiger partial charge in [-0.3, -0.25) is 9.79 Å². The highest BCUT2D eigenvalue weighted by Crippen LogP contribution is 2.12. The molecule has 1 amide bonds. The van der Waals surface area contributed by atoms with Gasteiger partial charge in [-0.05, 0) is 49.6 Å². The van der Waals surface area contributed by atoms with E-state index in [2.05, 4.69) is 27.9 Å². The second-order valence-corrected chi connectivity index (χ2v) is 7.56. The minimum Gasteiger partial charge on any atom is -0.492 e. The van der Waals surface area contributed by atoms with Crippen molar-refractivity contribution in [3.05, 3.63) is 65.2 Å². The molecule has 1 aliphatic heterocycles. The SMILES string of the molecule is CN=C(NCCOc1ccc(C)cc1)NCc1cccc(C(=O)NCC2CCCO2)c1. The summed E-state index contributed by atoms with van der Waals surface area (Å²) in [4.78, 5) is 16.7. The average Bonchev–Trinajstić information content (AvgIpc) is 3.32. The van der Waals surface area contributed by atoms with Crippen molar-refractivity contribution in [1.82, 2.24) is 16.0 Å². The fourth-order valence-electron chi connectivity index (χ4n) is 3.32. The summed E-state index contributed by atoms with van der Waals surface area (Å²) < 4.78 is 11.3. The van der Waals surface area contributed by atoms with Gasteiger partial charge in [-0.2, -0.15) is 0 Å². The smallest absolute Gasteiger partial charge is 0.251 e. The molecule has 3 N–H and O–H groups in total. The van der Waals surface area contributed by atoms with Crippen molar-refractivity contribution in [3.8, 4) is 5.75 Å². The number of rotatable bonds is 9. The summed E-state index contributed by atoms with van der Waals surface area (Å²) >= 11 is 0. The Hall–Kier alpha value is -3.06. The molecule has 0 aliphatic carbocycles. The fraction of sp³-hybridized carbons (Fsp3) is 0.417. The van der Waals surface area contributed by atoms with E-state index in [1.807, 2.05) is 48.5 Å². The van der Waals surface area contributed by atoms with Crippen LogP contribution in [0.5, 0.6) is 5.75 Å². The molecule has 0 bridgehead atoms. The zero-order valence-corrected chi connectivity index (χ0v) is 18.3. The van der Waals surface area contributed by atoms with E-state index in [9.17, 15) is 4.79 Å². The Labute approximate surface area is 184 Å². The van der Waals surface area contributed by atoms with Crippen LogP contribution >= 0.6 is 0 Å². The molecule has 166 valence electrons. The molecule has 1 heterocycles. The fourth-order valence-corrected chi connectivity index (χ4v) is 3.32. The number of ether oxygens (including phenoxy) is 2. The molecule has 0 radical (unpaired) electrons. The van der Waals surface area contributed by atoms with Crippen LogP contribution in [0.4, 0.5) is 0 Å². The zero-order chi connectivity index (χ0) is 21.9. The van der Waals surface area contributed by atoms with Gasteiger partial charge in [-0.1, -0.05) is 29.8 Å². The van der Waals surface area contributed by atoms with Crippen molar-refractivity contribution in [1.29, 1.82) is 0 Å². The molecule has 2 aromatic carbocycles. The van der Waals surface area contributed by atoms with Crippen LogP contribution in [0.25, 0.3) is 0 Å². The standard InChI is InChI=1S/C24H32N4O3/c1-18-8-10-21(11-9-18)31-14-12-26-24(25-2)28-16-19-5-3-6-20(15-19)23(29)27-17-22-7-4-13-30-22/h3,5-6,8-11,15,22H,4,7,12-14,16-17H2,1-2H3,(H,27,29)(H2,25,26,28). The highest BCUT2D eigenvalue weighted by atomic mass is 16.5. The molecule has 1 fully saturated rings. The summed E-state index contributed by atoms with van der Waals surface area (Å²) in [5.74, 6) is 1.46. The van der Waals surface area contributed by atoms with Crippen molar-refractivity contribution in [2.24, 2.45) is 4.99 Å². The maximum Gasteiger partial charge on any atom is 0.251 e. The first-order valence-corrected chi connectivity index (χ1v) is 10.8. The van der Waals surface area contributed by atoms with Crippen LogP contribution in [0.3, 0.4) is 0 Å². The predicted molar refractivity (Wildman–Crippen MR) is 123 cm³/mol. The van der Waals surface area contributed by atoms with E-state index in [0.717, 1.165) is 30.8 Å². The third-order valence-electron chi connectivity index (χ3n) is 5.07. The third kappa shape index (κ3) is 7.61. The predicted octanol–water partition coefficient (Wildman–Crippen LogP) is 2.65. The summed E-state index contributed by atoms with van der Waals surface area (Å²) in [6.07, 6.45) is 2.21. The number of hydrogen-bond donors (Lipinski definition) is 3. The van der Waals surface area contributed by atoms with Gasteiger partial charge >= 0.3 is 0 Å². The second kappa shape index (κ2) is 12.0. The van der Waals surface area contributed by atoms with Gasteiger partial charge < -0.3 is 25.4 Å². The molecule has 1 unspecified atom stereocenters. The van der Waals surface area contributed by atoms with Gasteiger partial charge in [-0.25, -0.2) is 0 Å². The van der Waals surface area contributed by atoms with E-state index in [1.54, 1.807) is 7.05 Å². The van der Waals surface area contributed by atoms with Crippen LogP contribution in [-0.2, 0) is 11.3 Å². The quantitative estimate of drug-likeness (QED) is 0.327. The number of carbonyl (C=O) groups excluding carboxylic acids is 1. The first-order valence-electron chi connectivity index (χ1n) is 10.8. The average molecular weight is 425 g/mol. The topological polar surface area (TPSA) is 84.0 Å². The maximum absolute atomic E-state index is 12.4. The van der Waals surface area contributed by atoms with E-state index in [1.165, 1.54) is 5.56 Å². The van der Waals surface area contributed by atoms with E-state index < -0.39 is 0 Å². The molecule has 7 nitrogen and oxygen atoms in total. The highest BCUT2D eigenvalue weighted by molar-refractivity contribution is 5.94. The van der Waals surface area contributed by atoms with E-state index in [-0.39, 0.29) is 12.0 Å². The zero-order valence-electron chi connectivity index (χ0n) is 18.3. The lowest BCUT2D eigenvalue weighted by atomic mass is 10.1. The Morgan fingerprint density at radius 3 is 2.74 bits per heavy atom. The molecule has 2 aromatic rings. The summed E-state index contributed by atoms with van der Waals surface area (Å²) in [5.41, 5.74) is 2.86. The minimum atomic E-state index is -0.0758. The lowest BCUT2D eigenvalue weighted by molar-refractivity contribution is 0.0857. The summed E-state index contributed by atoms with van der Waals surface area (Å²) in [6, 6.07) is 15.6. The number of benzene rings is 2. The van der Waals surface area contributed by atoms with Crippen molar-refractivity contribution in [2.45, 2.75) is 32.4 Å². The molecule has 3 rings (SSSR count). The van der Waals surface area contributed by atoms with Crippen LogP contribution in [0, 0.1) is 6.92 Å². The van der Waals surface area contributed by atoms with Gasteiger partial charge in [0.25, 0.3) is 5.91 Å². The van der Waals surface area contributed by atoms with Crippen molar-refractivity contribution >= 4 is 11.9 Å². The lowest BCUT2D eigenvalue weighted by Crippen LogP contribution is -2.39. The second-order valence-electron chi connectivity index (χ2n) is 7.56. The third-order valence-corrected chi connectivity index (χ3v) is 5.07. The lowest BCUT2D eigenvalue weighted by Gasteiger charge is -2.14. The normalized spacial score (nSPS) is 16.1. The molecule has 1 saturated heterocycles. The van der Waals surface area contributed by atoms with Crippen LogP contribution in [-0.4, -0.2) is 51.3 Å². The summed E-state index contributed by atoms with van der Waals surface area (Å²) in [5, 5.41) is 9.46. The number of hydrogen-bond acceptors (Lipinski definition) is 4. The number of guanidine groups is 1. The van der Waals surface area contributed by atoms with E-state index in [4.69, 9.17) is 9.47 Å². The van der Waals surface area contributed by atoms with Gasteiger partial charge in [0.05, 0.1) is 12.6 Å². The first-order chi connectivity index (χ1) is 15.1. The van der Waals surface area contributed by atoms with Crippen molar-refractivity contribution in [3.63, 3.8) is 0 Å². The van der Waals surface area contributed by atoms with Gasteiger partial charge in [0.2, 0.25) is 0 Å². The Morgan fingerprint density at radius 2 is 2.00 bits per heavy atom. The van der Waals surface area contributed by atoms with Crippen LogP contribution in [0.15, 0.2) is 53.5 Å². The molecule has 31 heavy (non-hydrogen) atoms. The molecule has 7 heteroatoms. The molecule has 0 saturated carbocycles. The number of nitrogens with one attached hydrogen (secondary N) is 3.